The van der Waals surface area contributed by atoms with Crippen LogP contribution in [0.15, 0.2) is 36.4 Å². The van der Waals surface area contributed by atoms with E-state index in [1.807, 2.05) is 12.1 Å². The van der Waals surface area contributed by atoms with Crippen LogP contribution < -0.4 is 15.2 Å². The number of fused-ring (bicyclic) bond motifs is 2. The van der Waals surface area contributed by atoms with Crippen LogP contribution in [-0.2, 0) is 17.6 Å². The van der Waals surface area contributed by atoms with Gasteiger partial charge in [0.15, 0.2) is 0 Å². The van der Waals surface area contributed by atoms with Crippen molar-refractivity contribution in [2.45, 2.75) is 19.3 Å². The molecule has 2 aromatic carbocycles. The highest BCUT2D eigenvalue weighted by atomic mass is 16.5. The summed E-state index contributed by atoms with van der Waals surface area (Å²) in [5, 5.41) is 15.3. The van der Waals surface area contributed by atoms with Crippen molar-refractivity contribution in [2.75, 3.05) is 19.0 Å². The summed E-state index contributed by atoms with van der Waals surface area (Å²) in [6.07, 6.45) is 1.70. The van der Waals surface area contributed by atoms with Gasteiger partial charge in [0.1, 0.15) is 5.75 Å². The molecule has 4 rings (SSSR count). The monoisotopic (exact) mass is 363 g/mol. The number of aromatic amines is 1. The summed E-state index contributed by atoms with van der Waals surface area (Å²) in [5.74, 6) is -0.880. The van der Waals surface area contributed by atoms with Crippen molar-refractivity contribution < 1.29 is 19.4 Å². The van der Waals surface area contributed by atoms with E-state index in [4.69, 9.17) is 4.74 Å². The van der Waals surface area contributed by atoms with Gasteiger partial charge in [0.2, 0.25) is 5.78 Å². The minimum Gasteiger partial charge on any atom is -0.550 e. The lowest BCUT2D eigenvalue weighted by Crippen LogP contribution is -2.25. The number of methoxy groups -OCH3 is 1. The minimum absolute atomic E-state index is 0.239. The smallest absolute Gasteiger partial charge is 0.209 e. The minimum atomic E-state index is -1.24. The van der Waals surface area contributed by atoms with Crippen LogP contribution in [0.1, 0.15) is 33.6 Å². The molecule has 6 heteroatoms. The molecular weight excluding hydrogens is 344 g/mol. The number of hydrogen-bond donors (Lipinski definition) is 2. The molecule has 0 spiro atoms. The molecule has 1 aliphatic heterocycles. The van der Waals surface area contributed by atoms with Crippen LogP contribution in [-0.4, -0.2) is 30.4 Å². The molecule has 0 amide bonds. The van der Waals surface area contributed by atoms with Crippen molar-refractivity contribution in [3.8, 4) is 5.75 Å². The number of H-pyrrole nitrogens is 1. The van der Waals surface area contributed by atoms with Gasteiger partial charge in [0.25, 0.3) is 0 Å². The van der Waals surface area contributed by atoms with Gasteiger partial charge in [-0.1, -0.05) is 12.1 Å². The number of aryl methyl sites for hydroxylation is 1. The number of rotatable bonds is 5. The Balaban J connectivity index is 1.82. The summed E-state index contributed by atoms with van der Waals surface area (Å²) in [4.78, 5) is 27.5. The third-order valence-corrected chi connectivity index (χ3v) is 4.97. The average Bonchev–Trinajstić information content (AvgIpc) is 3.04. The Labute approximate surface area is 156 Å². The van der Waals surface area contributed by atoms with Gasteiger partial charge in [-0.15, -0.1) is 0 Å². The molecule has 0 aliphatic carbocycles. The Bertz CT molecular complexity index is 1050. The fourth-order valence-corrected chi connectivity index (χ4v) is 3.62. The lowest BCUT2D eigenvalue weighted by Gasteiger charge is -2.18. The number of ether oxygens (including phenoxy) is 1. The van der Waals surface area contributed by atoms with E-state index in [9.17, 15) is 14.7 Å². The highest BCUT2D eigenvalue weighted by molar-refractivity contribution is 6.13. The molecule has 1 aromatic heterocycles. The maximum Gasteiger partial charge on any atom is 0.209 e. The number of nitrogens with one attached hydrogen (secondary N) is 2. The first-order valence-corrected chi connectivity index (χ1v) is 8.87. The van der Waals surface area contributed by atoms with Gasteiger partial charge in [-0.3, -0.25) is 4.79 Å². The Morgan fingerprint density at radius 3 is 2.81 bits per heavy atom. The lowest BCUT2D eigenvalue weighted by atomic mass is 9.97. The predicted molar refractivity (Wildman–Crippen MR) is 100 cm³/mol. The molecule has 2 N–H and O–H groups in total. The van der Waals surface area contributed by atoms with Crippen molar-refractivity contribution in [3.05, 3.63) is 58.8 Å². The Hall–Kier alpha value is -3.28. The molecule has 0 saturated carbocycles. The SMILES string of the molecule is COc1ccc2[nH]c(C(=O)c3ccc4c(c3)NCCC4)c(CC(=O)[O-])c2c1. The topological polar surface area (TPSA) is 94.2 Å². The zero-order valence-corrected chi connectivity index (χ0v) is 14.9. The summed E-state index contributed by atoms with van der Waals surface area (Å²) in [5.41, 5.74) is 4.05. The van der Waals surface area contributed by atoms with E-state index in [1.165, 1.54) is 5.56 Å². The summed E-state index contributed by atoms with van der Waals surface area (Å²) >= 11 is 0. The second-order valence-electron chi connectivity index (χ2n) is 6.67. The third kappa shape index (κ3) is 3.14. The van der Waals surface area contributed by atoms with E-state index >= 15 is 0 Å². The van der Waals surface area contributed by atoms with Gasteiger partial charge in [0.05, 0.1) is 12.8 Å². The fraction of sp³-hybridized carbons (Fsp3) is 0.238. The van der Waals surface area contributed by atoms with Crippen LogP contribution in [0.3, 0.4) is 0 Å². The maximum atomic E-state index is 13.2. The van der Waals surface area contributed by atoms with Crippen molar-refractivity contribution >= 4 is 28.3 Å². The van der Waals surface area contributed by atoms with Crippen molar-refractivity contribution in [3.63, 3.8) is 0 Å². The van der Waals surface area contributed by atoms with E-state index in [-0.39, 0.29) is 17.9 Å². The van der Waals surface area contributed by atoms with Crippen molar-refractivity contribution in [1.29, 1.82) is 0 Å². The zero-order chi connectivity index (χ0) is 19.0. The zero-order valence-electron chi connectivity index (χ0n) is 14.9. The number of ketones is 1. The van der Waals surface area contributed by atoms with Gasteiger partial charge in [0, 0.05) is 41.1 Å². The molecule has 3 aromatic rings. The molecule has 27 heavy (non-hydrogen) atoms. The highest BCUT2D eigenvalue weighted by Crippen LogP contribution is 2.30. The summed E-state index contributed by atoms with van der Waals surface area (Å²) in [6, 6.07) is 10.9. The number of hydrogen-bond acceptors (Lipinski definition) is 5. The van der Waals surface area contributed by atoms with Gasteiger partial charge >= 0.3 is 0 Å². The molecule has 1 aliphatic rings. The number of anilines is 1. The van der Waals surface area contributed by atoms with E-state index in [0.29, 0.717) is 27.8 Å². The first-order chi connectivity index (χ1) is 13.1. The highest BCUT2D eigenvalue weighted by Gasteiger charge is 2.21. The number of aliphatic carboxylic acids is 1. The number of carboxylic acids is 1. The normalized spacial score (nSPS) is 13.1. The molecule has 0 saturated heterocycles. The van der Waals surface area contributed by atoms with Crippen molar-refractivity contribution in [2.24, 2.45) is 0 Å². The standard InChI is InChI=1S/C21H20N2O4/c1-27-14-6-7-17-15(10-14)16(11-19(24)25)20(23-17)21(26)13-5-4-12-3-2-8-22-18(12)9-13/h4-7,9-10,22-23H,2-3,8,11H2,1H3,(H,24,25)/p-1. The Morgan fingerprint density at radius 2 is 2.04 bits per heavy atom. The number of carbonyl (C=O) groups is 2. The molecule has 138 valence electrons. The van der Waals surface area contributed by atoms with Gasteiger partial charge < -0.3 is 24.9 Å². The summed E-state index contributed by atoms with van der Waals surface area (Å²) < 4.78 is 5.23. The number of carboxylic acid groups (broad SMARTS) is 1. The summed E-state index contributed by atoms with van der Waals surface area (Å²) in [7, 11) is 1.54. The van der Waals surface area contributed by atoms with Crippen LogP contribution in [0.4, 0.5) is 5.69 Å². The van der Waals surface area contributed by atoms with Crippen LogP contribution in [0.25, 0.3) is 10.9 Å². The number of benzene rings is 2. The average molecular weight is 363 g/mol. The van der Waals surface area contributed by atoms with E-state index in [1.54, 1.807) is 31.4 Å². The lowest BCUT2D eigenvalue weighted by molar-refractivity contribution is -0.304. The quantitative estimate of drug-likeness (QED) is 0.677. The molecule has 2 heterocycles. The number of aromatic nitrogens is 1. The van der Waals surface area contributed by atoms with Crippen LogP contribution in [0.5, 0.6) is 5.75 Å². The van der Waals surface area contributed by atoms with Gasteiger partial charge in [-0.05, 0) is 48.2 Å². The third-order valence-electron chi connectivity index (χ3n) is 4.97. The maximum absolute atomic E-state index is 13.2. The first kappa shape index (κ1) is 17.1. The predicted octanol–water partition coefficient (Wildman–Crippen LogP) is 2.06. The van der Waals surface area contributed by atoms with E-state index in [0.717, 1.165) is 25.1 Å². The van der Waals surface area contributed by atoms with Gasteiger partial charge in [-0.2, -0.15) is 0 Å². The largest absolute Gasteiger partial charge is 0.550 e. The van der Waals surface area contributed by atoms with Gasteiger partial charge in [-0.25, -0.2) is 0 Å². The Morgan fingerprint density at radius 1 is 1.19 bits per heavy atom. The second-order valence-corrected chi connectivity index (χ2v) is 6.67. The molecule has 0 fully saturated rings. The second kappa shape index (κ2) is 6.79. The van der Waals surface area contributed by atoms with Crippen LogP contribution in [0, 0.1) is 0 Å². The molecule has 0 unspecified atom stereocenters. The van der Waals surface area contributed by atoms with E-state index in [2.05, 4.69) is 10.3 Å². The first-order valence-electron chi connectivity index (χ1n) is 8.87. The van der Waals surface area contributed by atoms with Crippen LogP contribution >= 0.6 is 0 Å². The molecule has 0 bridgehead atoms. The van der Waals surface area contributed by atoms with E-state index < -0.39 is 5.97 Å². The van der Waals surface area contributed by atoms with Crippen LogP contribution in [0.2, 0.25) is 0 Å². The Kier molecular flexibility index (Phi) is 4.32. The molecule has 0 radical (unpaired) electrons. The molecular formula is C21H19N2O4-. The number of carbonyl (C=O) groups excluding carboxylic acids is 2. The molecule has 0 atom stereocenters. The molecule has 6 nitrogen and oxygen atoms in total. The fourth-order valence-electron chi connectivity index (χ4n) is 3.62. The van der Waals surface area contributed by atoms with Crippen molar-refractivity contribution in [1.82, 2.24) is 4.98 Å². The summed E-state index contributed by atoms with van der Waals surface area (Å²) in [6.45, 7) is 0.882.